The summed E-state index contributed by atoms with van der Waals surface area (Å²) >= 11 is 0. The number of allylic oxidation sites excluding steroid dienone is 4. The van der Waals surface area contributed by atoms with Crippen LogP contribution in [-0.2, 0) is 6.54 Å². The van der Waals surface area contributed by atoms with Gasteiger partial charge in [-0.1, -0.05) is 23.3 Å². The maximum absolute atomic E-state index is 13.6. The van der Waals surface area contributed by atoms with E-state index in [1.807, 2.05) is 48.9 Å². The van der Waals surface area contributed by atoms with Crippen molar-refractivity contribution < 1.29 is 5.11 Å². The molecule has 0 radical (unpaired) electrons. The molecular formula is C30H38N8O2. The molecule has 1 unspecified atom stereocenters. The highest BCUT2D eigenvalue weighted by atomic mass is 16.3. The lowest BCUT2D eigenvalue weighted by atomic mass is 9.87. The number of dihydropyridines is 1. The molecule has 0 saturated carbocycles. The number of benzene rings is 1. The quantitative estimate of drug-likeness (QED) is 0.434. The summed E-state index contributed by atoms with van der Waals surface area (Å²) in [5.74, 6) is 1.10. The first-order chi connectivity index (χ1) is 19.2. The fourth-order valence-corrected chi connectivity index (χ4v) is 5.60. The molecule has 10 nitrogen and oxygen atoms in total. The molecule has 1 saturated heterocycles. The molecule has 2 atom stereocenters. The predicted octanol–water partition coefficient (Wildman–Crippen LogP) is 3.30. The molecule has 210 valence electrons. The molecule has 2 aromatic heterocycles. The molecule has 1 aromatic carbocycles. The third kappa shape index (κ3) is 4.93. The van der Waals surface area contributed by atoms with E-state index in [4.69, 9.17) is 4.98 Å². The lowest BCUT2D eigenvalue weighted by Gasteiger charge is -2.34. The Morgan fingerprint density at radius 1 is 1.10 bits per heavy atom. The van der Waals surface area contributed by atoms with Crippen molar-refractivity contribution in [3.8, 4) is 0 Å². The number of anilines is 3. The van der Waals surface area contributed by atoms with Gasteiger partial charge in [-0.2, -0.15) is 4.98 Å². The average Bonchev–Trinajstić information content (AvgIpc) is 3.22. The van der Waals surface area contributed by atoms with Gasteiger partial charge >= 0.3 is 0 Å². The molecule has 3 aromatic rings. The van der Waals surface area contributed by atoms with Gasteiger partial charge in [-0.15, -0.1) is 0 Å². The van der Waals surface area contributed by atoms with Crippen LogP contribution in [-0.4, -0.2) is 74.2 Å². The topological polar surface area (TPSA) is 103 Å². The minimum atomic E-state index is -0.964. The average molecular weight is 543 g/mol. The second kappa shape index (κ2) is 10.3. The van der Waals surface area contributed by atoms with Gasteiger partial charge in [0.1, 0.15) is 11.2 Å². The second-order valence-electron chi connectivity index (χ2n) is 11.5. The van der Waals surface area contributed by atoms with Gasteiger partial charge in [0, 0.05) is 43.8 Å². The van der Waals surface area contributed by atoms with Crippen LogP contribution in [0.15, 0.2) is 64.6 Å². The van der Waals surface area contributed by atoms with Crippen LogP contribution >= 0.6 is 0 Å². The molecule has 6 rings (SSSR count). The van der Waals surface area contributed by atoms with Crippen molar-refractivity contribution >= 4 is 34.2 Å². The summed E-state index contributed by atoms with van der Waals surface area (Å²) in [6, 6.07) is 8.00. The third-order valence-electron chi connectivity index (χ3n) is 8.55. The number of hydrogen-bond acceptors (Lipinski definition) is 8. The van der Waals surface area contributed by atoms with Gasteiger partial charge in [0.05, 0.1) is 18.2 Å². The first-order valence-electron chi connectivity index (χ1n) is 14.0. The Bertz CT molecular complexity index is 1570. The molecule has 1 fully saturated rings. The van der Waals surface area contributed by atoms with Crippen LogP contribution in [0.4, 0.5) is 17.3 Å². The van der Waals surface area contributed by atoms with E-state index in [9.17, 15) is 9.90 Å². The van der Waals surface area contributed by atoms with E-state index < -0.39 is 5.60 Å². The molecule has 3 N–H and O–H groups in total. The lowest BCUT2D eigenvalue weighted by molar-refractivity contribution is 0.0310. The Morgan fingerprint density at radius 3 is 2.60 bits per heavy atom. The Morgan fingerprint density at radius 2 is 1.85 bits per heavy atom. The summed E-state index contributed by atoms with van der Waals surface area (Å²) in [4.78, 5) is 27.7. The molecular weight excluding hydrogens is 504 g/mol. The first-order valence-corrected chi connectivity index (χ1v) is 14.0. The van der Waals surface area contributed by atoms with Crippen LogP contribution in [0.5, 0.6) is 0 Å². The highest BCUT2D eigenvalue weighted by molar-refractivity contribution is 5.79. The normalized spacial score (nSPS) is 25.7. The standard InChI is InChI=1S/C30H38N8O2/c1-20-12-13-30(3,40)25-6-5-7-26(33-25)38-27-24(28(39)37(38)19-21(20)2)18-31-29(34-27)32-22-8-10-23(11-9-22)36-16-14-35(4)15-17-36/h5-11,18,25,33,40H,12-17,19H2,1-4H3,(H,31,32,34)/b21-20-/t25?,30-/m1/s1. The first kappa shape index (κ1) is 26.3. The minimum absolute atomic E-state index is 0.148. The maximum Gasteiger partial charge on any atom is 0.278 e. The zero-order chi connectivity index (χ0) is 28.0. The van der Waals surface area contributed by atoms with Crippen molar-refractivity contribution in [3.05, 3.63) is 70.2 Å². The molecule has 0 aliphatic carbocycles. The molecule has 40 heavy (non-hydrogen) atoms. The van der Waals surface area contributed by atoms with Crippen molar-refractivity contribution in [1.29, 1.82) is 0 Å². The van der Waals surface area contributed by atoms with Crippen molar-refractivity contribution in [2.75, 3.05) is 43.4 Å². The number of nitrogens with zero attached hydrogens (tertiary/aromatic N) is 6. The summed E-state index contributed by atoms with van der Waals surface area (Å²) in [5.41, 5.74) is 3.74. The summed E-state index contributed by atoms with van der Waals surface area (Å²) in [6.45, 7) is 10.6. The van der Waals surface area contributed by atoms with Gasteiger partial charge in [0.15, 0.2) is 5.65 Å². The SMILES string of the molecule is C/C1=C(\C)Cn2c(=O)c3cnc(Nc4ccc(N5CCN(C)CC5)cc4)nc3n2C2=CC=CC(N2)[C@](C)(O)CC1. The second-order valence-corrected chi connectivity index (χ2v) is 11.5. The van der Waals surface area contributed by atoms with E-state index >= 15 is 0 Å². The number of fused-ring (bicyclic) bond motifs is 6. The van der Waals surface area contributed by atoms with Gasteiger partial charge in [-0.3, -0.25) is 4.79 Å². The summed E-state index contributed by atoms with van der Waals surface area (Å²) < 4.78 is 3.54. The van der Waals surface area contributed by atoms with Crippen molar-refractivity contribution in [2.24, 2.45) is 0 Å². The molecule has 3 aliphatic rings. The van der Waals surface area contributed by atoms with Crippen LogP contribution in [0.3, 0.4) is 0 Å². The van der Waals surface area contributed by atoms with Crippen molar-refractivity contribution in [1.82, 2.24) is 29.5 Å². The van der Waals surface area contributed by atoms with Gasteiger partial charge in [-0.25, -0.2) is 14.3 Å². The van der Waals surface area contributed by atoms with Crippen LogP contribution in [0.25, 0.3) is 16.9 Å². The Labute approximate surface area is 234 Å². The summed E-state index contributed by atoms with van der Waals surface area (Å²) in [6.07, 6.45) is 8.77. The van der Waals surface area contributed by atoms with Crippen LogP contribution < -0.4 is 21.1 Å². The number of nitrogens with one attached hydrogen (secondary N) is 2. The molecule has 0 spiro atoms. The zero-order valence-corrected chi connectivity index (χ0v) is 23.7. The molecule has 2 bridgehead atoms. The predicted molar refractivity (Wildman–Crippen MR) is 160 cm³/mol. The van der Waals surface area contributed by atoms with Crippen molar-refractivity contribution in [2.45, 2.75) is 51.8 Å². The van der Waals surface area contributed by atoms with E-state index in [2.05, 4.69) is 51.5 Å². The third-order valence-corrected chi connectivity index (χ3v) is 8.55. The molecule has 3 aliphatic heterocycles. The number of aliphatic hydroxyl groups is 1. The lowest BCUT2D eigenvalue weighted by Crippen LogP contribution is -2.48. The highest BCUT2D eigenvalue weighted by Crippen LogP contribution is 2.28. The Kier molecular flexibility index (Phi) is 6.75. The van der Waals surface area contributed by atoms with E-state index in [1.165, 1.54) is 11.3 Å². The van der Waals surface area contributed by atoms with Crippen LogP contribution in [0.2, 0.25) is 0 Å². The maximum atomic E-state index is 13.6. The van der Waals surface area contributed by atoms with Gasteiger partial charge in [0.2, 0.25) is 5.95 Å². The van der Waals surface area contributed by atoms with E-state index in [0.717, 1.165) is 43.9 Å². The number of aromatic nitrogens is 4. The minimum Gasteiger partial charge on any atom is -0.388 e. The Balaban J connectivity index is 1.36. The molecule has 5 heterocycles. The van der Waals surface area contributed by atoms with Crippen LogP contribution in [0, 0.1) is 0 Å². The fraction of sp³-hybridized carbons (Fsp3) is 0.433. The number of likely N-dealkylation sites (N-methyl/N-ethyl adjacent to an activating group) is 1. The van der Waals surface area contributed by atoms with E-state index in [0.29, 0.717) is 35.8 Å². The zero-order valence-electron chi connectivity index (χ0n) is 23.7. The van der Waals surface area contributed by atoms with Gasteiger partial charge in [0.25, 0.3) is 5.56 Å². The largest absolute Gasteiger partial charge is 0.388 e. The molecule has 10 heteroatoms. The van der Waals surface area contributed by atoms with E-state index in [1.54, 1.807) is 10.9 Å². The highest BCUT2D eigenvalue weighted by Gasteiger charge is 2.33. The van der Waals surface area contributed by atoms with Crippen molar-refractivity contribution in [3.63, 3.8) is 0 Å². The van der Waals surface area contributed by atoms with Gasteiger partial charge < -0.3 is 25.5 Å². The number of piperazine rings is 1. The smallest absolute Gasteiger partial charge is 0.278 e. The molecule has 0 amide bonds. The van der Waals surface area contributed by atoms with Crippen LogP contribution in [0.1, 0.15) is 33.6 Å². The summed E-state index contributed by atoms with van der Waals surface area (Å²) in [5, 5.41) is 18.5. The Hall–Kier alpha value is -3.89. The number of rotatable bonds is 3. The van der Waals surface area contributed by atoms with Gasteiger partial charge in [-0.05, 0) is 71.0 Å². The monoisotopic (exact) mass is 542 g/mol. The fourth-order valence-electron chi connectivity index (χ4n) is 5.60. The number of hydrogen-bond donors (Lipinski definition) is 3. The summed E-state index contributed by atoms with van der Waals surface area (Å²) in [7, 11) is 2.16. The van der Waals surface area contributed by atoms with E-state index in [-0.39, 0.29) is 11.6 Å².